The third-order valence-corrected chi connectivity index (χ3v) is 6.98. The monoisotopic (exact) mass is 584 g/mol. The molecule has 1 aliphatic rings. The molecule has 0 aliphatic heterocycles. The number of carbonyl (C=O) groups excluding carboxylic acids is 2. The third kappa shape index (κ3) is 6.36. The summed E-state index contributed by atoms with van der Waals surface area (Å²) in [6.07, 6.45) is 2.90. The molecule has 39 heavy (non-hydrogen) atoms. The quantitative estimate of drug-likeness (QED) is 0.376. The van der Waals surface area contributed by atoms with Crippen LogP contribution in [0.3, 0.4) is 0 Å². The Morgan fingerprint density at radius 3 is 2.23 bits per heavy atom. The van der Waals surface area contributed by atoms with Crippen LogP contribution >= 0.6 is 23.2 Å². The van der Waals surface area contributed by atoms with Gasteiger partial charge in [-0.25, -0.2) is 0 Å². The summed E-state index contributed by atoms with van der Waals surface area (Å²) in [6.45, 7) is -1.02. The number of alkyl halides is 3. The van der Waals surface area contributed by atoms with Crippen molar-refractivity contribution in [3.05, 3.63) is 69.7 Å². The molecule has 0 unspecified atom stereocenters. The first-order valence-electron chi connectivity index (χ1n) is 11.7. The van der Waals surface area contributed by atoms with Gasteiger partial charge in [-0.3, -0.25) is 34.0 Å². The topological polar surface area (TPSA) is 131 Å². The summed E-state index contributed by atoms with van der Waals surface area (Å²) in [5.41, 5.74) is -1.94. The van der Waals surface area contributed by atoms with E-state index in [1.807, 2.05) is 0 Å². The molecule has 1 aliphatic carbocycles. The molecule has 4 rings (SSSR count). The predicted octanol–water partition coefficient (Wildman–Crippen LogP) is 4.73. The highest BCUT2D eigenvalue weighted by Gasteiger charge is 2.43. The van der Waals surface area contributed by atoms with E-state index in [0.717, 1.165) is 15.8 Å². The van der Waals surface area contributed by atoms with Crippen LogP contribution < -0.4 is 0 Å². The van der Waals surface area contributed by atoms with Crippen molar-refractivity contribution in [1.82, 2.24) is 29.6 Å². The van der Waals surface area contributed by atoms with Crippen LogP contribution in [0.1, 0.15) is 63.8 Å². The standard InChI is InChI=1S/C24H21Cl2F3N6O4/c25-17-9-31-10-18(26)20(17)19(36)12-34(11-14-7-30-5-6-32-14)22(37)16-8-33-35(21(16)24(27,28)29)15-3-1-13(2-4-15)23(38)39/h5-10,13,15H,1-4,11-12H2,(H,38,39). The van der Waals surface area contributed by atoms with E-state index in [9.17, 15) is 32.7 Å². The number of carboxylic acid groups (broad SMARTS) is 1. The van der Waals surface area contributed by atoms with Crippen molar-refractivity contribution in [2.75, 3.05) is 6.54 Å². The molecular weight excluding hydrogens is 564 g/mol. The minimum atomic E-state index is -4.97. The van der Waals surface area contributed by atoms with Gasteiger partial charge in [-0.1, -0.05) is 23.2 Å². The SMILES string of the molecule is O=C(CN(Cc1cnccn1)C(=O)c1cnn(C2CCC(C(=O)O)CC2)c1C(F)(F)F)c1c(Cl)cncc1Cl. The fourth-order valence-corrected chi connectivity index (χ4v) is 5.13. The predicted molar refractivity (Wildman–Crippen MR) is 131 cm³/mol. The van der Waals surface area contributed by atoms with Crippen molar-refractivity contribution in [1.29, 1.82) is 0 Å². The molecule has 3 heterocycles. The molecule has 1 amide bonds. The van der Waals surface area contributed by atoms with Gasteiger partial charge >= 0.3 is 12.1 Å². The number of carbonyl (C=O) groups is 3. The largest absolute Gasteiger partial charge is 0.481 e. The normalized spacial score (nSPS) is 17.6. The van der Waals surface area contributed by atoms with E-state index < -0.39 is 53.6 Å². The van der Waals surface area contributed by atoms with E-state index >= 15 is 0 Å². The number of ketones is 1. The number of amides is 1. The van der Waals surface area contributed by atoms with Crippen LogP contribution in [0.2, 0.25) is 10.0 Å². The number of halogens is 5. The van der Waals surface area contributed by atoms with Crippen LogP contribution in [-0.2, 0) is 17.5 Å². The number of pyridine rings is 1. The number of hydrogen-bond acceptors (Lipinski definition) is 7. The zero-order valence-corrected chi connectivity index (χ0v) is 21.6. The molecule has 0 atom stereocenters. The summed E-state index contributed by atoms with van der Waals surface area (Å²) in [5, 5.41) is 12.9. The summed E-state index contributed by atoms with van der Waals surface area (Å²) in [5.74, 6) is -3.49. The zero-order chi connectivity index (χ0) is 28.3. The molecular formula is C24H21Cl2F3N6O4. The fourth-order valence-electron chi connectivity index (χ4n) is 4.55. The Balaban J connectivity index is 1.69. The van der Waals surface area contributed by atoms with Crippen LogP contribution in [0.4, 0.5) is 13.2 Å². The van der Waals surface area contributed by atoms with Gasteiger partial charge in [0, 0.05) is 24.8 Å². The third-order valence-electron chi connectivity index (χ3n) is 6.41. The van der Waals surface area contributed by atoms with Gasteiger partial charge in [0.1, 0.15) is 0 Å². The molecule has 15 heteroatoms. The molecule has 0 spiro atoms. The average Bonchev–Trinajstić information content (AvgIpc) is 3.34. The summed E-state index contributed by atoms with van der Waals surface area (Å²) >= 11 is 12.2. The maximum absolute atomic E-state index is 14.3. The molecule has 10 nitrogen and oxygen atoms in total. The lowest BCUT2D eigenvalue weighted by Crippen LogP contribution is -2.37. The Labute approximate surface area is 229 Å². The van der Waals surface area contributed by atoms with Gasteiger partial charge < -0.3 is 10.0 Å². The number of Topliss-reactive ketones (excluding diaryl/α,β-unsaturated/α-hetero) is 1. The lowest BCUT2D eigenvalue weighted by atomic mass is 9.86. The Morgan fingerprint density at radius 1 is 1.00 bits per heavy atom. The smallest absolute Gasteiger partial charge is 0.433 e. The second kappa shape index (κ2) is 11.7. The Morgan fingerprint density at radius 2 is 1.67 bits per heavy atom. The second-order valence-electron chi connectivity index (χ2n) is 8.95. The van der Waals surface area contributed by atoms with E-state index in [-0.39, 0.29) is 53.5 Å². The first-order chi connectivity index (χ1) is 18.5. The molecule has 1 saturated carbocycles. The second-order valence-corrected chi connectivity index (χ2v) is 9.77. The molecule has 0 radical (unpaired) electrons. The van der Waals surface area contributed by atoms with Crippen LogP contribution in [-0.4, -0.2) is 58.9 Å². The highest BCUT2D eigenvalue weighted by atomic mass is 35.5. The van der Waals surface area contributed by atoms with Crippen LogP contribution in [0, 0.1) is 5.92 Å². The molecule has 1 fully saturated rings. The zero-order valence-electron chi connectivity index (χ0n) is 20.1. The molecule has 1 N–H and O–H groups in total. The minimum Gasteiger partial charge on any atom is -0.481 e. The van der Waals surface area contributed by atoms with E-state index in [2.05, 4.69) is 20.1 Å². The molecule has 0 aromatic carbocycles. The van der Waals surface area contributed by atoms with Crippen molar-refractivity contribution in [2.45, 2.75) is 44.4 Å². The summed E-state index contributed by atoms with van der Waals surface area (Å²) in [7, 11) is 0. The van der Waals surface area contributed by atoms with Gasteiger partial charge in [0.25, 0.3) is 5.91 Å². The molecule has 206 valence electrons. The first kappa shape index (κ1) is 28.4. The van der Waals surface area contributed by atoms with E-state index in [0.29, 0.717) is 0 Å². The average molecular weight is 585 g/mol. The van der Waals surface area contributed by atoms with E-state index in [4.69, 9.17) is 23.2 Å². The summed E-state index contributed by atoms with van der Waals surface area (Å²) in [6, 6.07) is -0.747. The minimum absolute atomic E-state index is 0.0832. The first-order valence-corrected chi connectivity index (χ1v) is 12.5. The number of carboxylic acids is 1. The van der Waals surface area contributed by atoms with Gasteiger partial charge in [-0.2, -0.15) is 18.3 Å². The highest BCUT2D eigenvalue weighted by molar-refractivity contribution is 6.39. The Hall–Kier alpha value is -3.58. The molecule has 3 aromatic heterocycles. The van der Waals surface area contributed by atoms with Gasteiger partial charge in [-0.05, 0) is 25.7 Å². The maximum Gasteiger partial charge on any atom is 0.433 e. The van der Waals surface area contributed by atoms with Crippen molar-refractivity contribution in [3.63, 3.8) is 0 Å². The van der Waals surface area contributed by atoms with Gasteiger partial charge in [0.15, 0.2) is 11.5 Å². The van der Waals surface area contributed by atoms with Gasteiger partial charge in [0.2, 0.25) is 0 Å². The van der Waals surface area contributed by atoms with Crippen LogP contribution in [0.5, 0.6) is 0 Å². The van der Waals surface area contributed by atoms with Crippen molar-refractivity contribution < 1.29 is 32.7 Å². The Kier molecular flexibility index (Phi) is 8.50. The molecule has 3 aromatic rings. The number of aliphatic carboxylic acids is 1. The number of rotatable bonds is 8. The number of nitrogens with zero attached hydrogens (tertiary/aromatic N) is 6. The van der Waals surface area contributed by atoms with Gasteiger partial charge in [0.05, 0.1) is 64.3 Å². The maximum atomic E-state index is 14.3. The lowest BCUT2D eigenvalue weighted by molar-refractivity contribution is -0.147. The van der Waals surface area contributed by atoms with Crippen molar-refractivity contribution in [2.24, 2.45) is 5.92 Å². The summed E-state index contributed by atoms with van der Waals surface area (Å²) in [4.78, 5) is 50.6. The highest BCUT2D eigenvalue weighted by Crippen LogP contribution is 2.39. The number of aromatic nitrogens is 5. The lowest BCUT2D eigenvalue weighted by Gasteiger charge is -2.28. The van der Waals surface area contributed by atoms with Gasteiger partial charge in [-0.15, -0.1) is 0 Å². The van der Waals surface area contributed by atoms with E-state index in [1.165, 1.54) is 31.0 Å². The number of hydrogen-bond donors (Lipinski definition) is 1. The molecule has 0 saturated heterocycles. The van der Waals surface area contributed by atoms with Crippen molar-refractivity contribution in [3.8, 4) is 0 Å². The van der Waals surface area contributed by atoms with Crippen LogP contribution in [0.25, 0.3) is 0 Å². The van der Waals surface area contributed by atoms with E-state index in [1.54, 1.807) is 0 Å². The molecule has 0 bridgehead atoms. The Bertz CT molecular complexity index is 1360. The van der Waals surface area contributed by atoms with Crippen molar-refractivity contribution >= 4 is 40.9 Å². The fraction of sp³-hybridized carbons (Fsp3) is 0.375. The summed E-state index contributed by atoms with van der Waals surface area (Å²) < 4.78 is 43.7. The van der Waals surface area contributed by atoms with Crippen LogP contribution in [0.15, 0.2) is 37.2 Å².